The number of carbonyl (C=O) groups excluding carboxylic acids is 6. The second-order valence-corrected chi connectivity index (χ2v) is 19.0. The van der Waals surface area contributed by atoms with Gasteiger partial charge in [-0.3, -0.25) is 38.8 Å². The first-order valence-electron chi connectivity index (χ1n) is 22.7. The summed E-state index contributed by atoms with van der Waals surface area (Å²) in [5.74, 6) is -4.88. The number of amides is 5. The average Bonchev–Trinajstić information content (AvgIpc) is 3.44. The standard InChI is InChI=1S/C27H37N3O4.C23H30N4O3/c1-7-10-18(26(33)34-27(4,5)6)19(15-16(2)3)24(31)30-23-25(32)29-21-14-9-12-17-11-8-13-20(28-23)22(17)21;1-4-7-15(20(24)28)16(12-13(2)3)22(29)27-21-23(30)26-18-11-6-9-14-8-5-10-17(25-21)19(14)18/h7,9,12,14,16,18-19,23H,1,8,10-11,13,15H2,2-6H3,(H,29,32)(H,30,31);4,6,9,11,13,15-16,21H,1,5,7-8,10,12H2,2-3H3,(H2,24,28)(H,26,30)(H,27,29)/t18-,19+,23?;15-,16+,21?/m00/s1. The number of anilines is 2. The van der Waals surface area contributed by atoms with E-state index in [2.05, 4.69) is 50.5 Å². The van der Waals surface area contributed by atoms with Gasteiger partial charge in [-0.25, -0.2) is 0 Å². The fourth-order valence-corrected chi connectivity index (χ4v) is 8.98. The second-order valence-electron chi connectivity index (χ2n) is 19.0. The van der Waals surface area contributed by atoms with Crippen LogP contribution in [0.2, 0.25) is 0 Å². The van der Waals surface area contributed by atoms with Crippen molar-refractivity contribution in [2.75, 3.05) is 10.6 Å². The third kappa shape index (κ3) is 12.4. The zero-order valence-corrected chi connectivity index (χ0v) is 38.6. The summed E-state index contributed by atoms with van der Waals surface area (Å²) in [4.78, 5) is 86.9. The van der Waals surface area contributed by atoms with Crippen molar-refractivity contribution in [3.63, 3.8) is 0 Å². The van der Waals surface area contributed by atoms with E-state index in [1.807, 2.05) is 58.0 Å². The Labute approximate surface area is 377 Å². The largest absolute Gasteiger partial charge is 0.460 e. The van der Waals surface area contributed by atoms with Crippen LogP contribution < -0.4 is 27.0 Å². The van der Waals surface area contributed by atoms with Crippen molar-refractivity contribution in [3.8, 4) is 0 Å². The maximum Gasteiger partial charge on any atom is 0.310 e. The molecule has 2 heterocycles. The van der Waals surface area contributed by atoms with Crippen LogP contribution in [-0.4, -0.2) is 64.9 Å². The molecule has 0 bridgehead atoms. The molecule has 14 heteroatoms. The minimum Gasteiger partial charge on any atom is -0.460 e. The Morgan fingerprint density at radius 2 is 1.14 bits per heavy atom. The molecule has 2 aliphatic heterocycles. The van der Waals surface area contributed by atoms with Crippen LogP contribution in [0.3, 0.4) is 0 Å². The van der Waals surface area contributed by atoms with Gasteiger partial charge in [0, 0.05) is 22.6 Å². The number of nitrogens with two attached hydrogens (primary N) is 1. The number of aliphatic imine (C=N–C) groups is 2. The van der Waals surface area contributed by atoms with Gasteiger partial charge in [0.05, 0.1) is 35.0 Å². The summed E-state index contributed by atoms with van der Waals surface area (Å²) in [5.41, 5.74) is 12.3. The Kier molecular flexibility index (Phi) is 16.6. The molecule has 6 atom stereocenters. The highest BCUT2D eigenvalue weighted by Gasteiger charge is 2.39. The Morgan fingerprint density at radius 3 is 1.53 bits per heavy atom. The molecule has 6 N–H and O–H groups in total. The molecule has 2 unspecified atom stereocenters. The molecule has 0 aromatic heterocycles. The first kappa shape index (κ1) is 49.1. The van der Waals surface area contributed by atoms with Gasteiger partial charge < -0.3 is 31.7 Å². The van der Waals surface area contributed by atoms with Crippen molar-refractivity contribution in [2.24, 2.45) is 51.2 Å². The lowest BCUT2D eigenvalue weighted by molar-refractivity contribution is -0.164. The van der Waals surface area contributed by atoms with E-state index in [0.29, 0.717) is 25.7 Å². The minimum absolute atomic E-state index is 0.157. The smallest absolute Gasteiger partial charge is 0.310 e. The Hall–Kier alpha value is -5.92. The van der Waals surface area contributed by atoms with E-state index in [9.17, 15) is 28.8 Å². The molecular formula is C50H67N7O7. The Balaban J connectivity index is 0.000000243. The lowest BCUT2D eigenvalue weighted by Crippen LogP contribution is -2.48. The number of aryl methyl sites for hydroxylation is 2. The summed E-state index contributed by atoms with van der Waals surface area (Å²) in [5, 5.41) is 11.4. The monoisotopic (exact) mass is 878 g/mol. The lowest BCUT2D eigenvalue weighted by Gasteiger charge is -2.29. The summed E-state index contributed by atoms with van der Waals surface area (Å²) in [7, 11) is 0. The summed E-state index contributed by atoms with van der Waals surface area (Å²) in [6, 6.07) is 11.7. The van der Waals surface area contributed by atoms with E-state index in [-0.39, 0.29) is 35.5 Å². The van der Waals surface area contributed by atoms with Crippen LogP contribution >= 0.6 is 0 Å². The molecule has 4 aliphatic rings. The summed E-state index contributed by atoms with van der Waals surface area (Å²) < 4.78 is 5.62. The third-order valence-electron chi connectivity index (χ3n) is 11.8. The molecule has 0 radical (unpaired) electrons. The highest BCUT2D eigenvalue weighted by atomic mass is 16.6. The molecule has 2 aliphatic carbocycles. The number of esters is 1. The highest BCUT2D eigenvalue weighted by molar-refractivity contribution is 6.15. The molecule has 64 heavy (non-hydrogen) atoms. The topological polar surface area (TPSA) is 211 Å². The van der Waals surface area contributed by atoms with Crippen molar-refractivity contribution < 1.29 is 33.5 Å². The van der Waals surface area contributed by atoms with E-state index in [1.54, 1.807) is 32.9 Å². The number of allylic oxidation sites excluding steroid dienone is 2. The van der Waals surface area contributed by atoms with Crippen LogP contribution in [0.25, 0.3) is 0 Å². The van der Waals surface area contributed by atoms with Gasteiger partial charge in [0.15, 0.2) is 0 Å². The first-order valence-corrected chi connectivity index (χ1v) is 22.7. The number of benzene rings is 2. The summed E-state index contributed by atoms with van der Waals surface area (Å²) >= 11 is 0. The van der Waals surface area contributed by atoms with Crippen LogP contribution in [0, 0.1) is 35.5 Å². The van der Waals surface area contributed by atoms with Gasteiger partial charge in [0.2, 0.25) is 30.1 Å². The van der Waals surface area contributed by atoms with Gasteiger partial charge in [-0.05, 0) is 120 Å². The number of primary amides is 1. The number of hydrogen-bond acceptors (Lipinski definition) is 9. The molecule has 0 fully saturated rings. The van der Waals surface area contributed by atoms with Crippen molar-refractivity contribution >= 4 is 58.3 Å². The maximum absolute atomic E-state index is 13.5. The molecule has 2 aromatic rings. The van der Waals surface area contributed by atoms with Crippen molar-refractivity contribution in [2.45, 2.75) is 131 Å². The number of rotatable bonds is 16. The fourth-order valence-electron chi connectivity index (χ4n) is 8.98. The van der Waals surface area contributed by atoms with Crippen LogP contribution in [0.5, 0.6) is 0 Å². The zero-order valence-electron chi connectivity index (χ0n) is 38.6. The van der Waals surface area contributed by atoms with E-state index in [4.69, 9.17) is 10.5 Å². The van der Waals surface area contributed by atoms with Gasteiger partial charge in [-0.1, -0.05) is 64.1 Å². The van der Waals surface area contributed by atoms with Gasteiger partial charge >= 0.3 is 5.97 Å². The quantitative estimate of drug-likeness (QED) is 0.0884. The molecule has 14 nitrogen and oxygen atoms in total. The van der Waals surface area contributed by atoms with Crippen molar-refractivity contribution in [1.29, 1.82) is 0 Å². The van der Waals surface area contributed by atoms with Gasteiger partial charge in [-0.2, -0.15) is 0 Å². The number of ether oxygens (including phenoxy) is 1. The maximum atomic E-state index is 13.5. The lowest BCUT2D eigenvalue weighted by atomic mass is 9.82. The van der Waals surface area contributed by atoms with E-state index in [0.717, 1.165) is 83.6 Å². The van der Waals surface area contributed by atoms with E-state index in [1.165, 1.54) is 0 Å². The van der Waals surface area contributed by atoms with Crippen LogP contribution in [0.4, 0.5) is 11.4 Å². The Bertz CT molecular complexity index is 2190. The molecule has 5 amide bonds. The highest BCUT2D eigenvalue weighted by Crippen LogP contribution is 2.34. The predicted octanol–water partition coefficient (Wildman–Crippen LogP) is 6.95. The molecular weight excluding hydrogens is 811 g/mol. The van der Waals surface area contributed by atoms with Crippen LogP contribution in [0.1, 0.15) is 122 Å². The number of nitrogens with zero attached hydrogens (tertiary/aromatic N) is 2. The second kappa shape index (κ2) is 21.6. The van der Waals surface area contributed by atoms with Gasteiger partial charge in [0.1, 0.15) is 5.60 Å². The van der Waals surface area contributed by atoms with Gasteiger partial charge in [-0.15, -0.1) is 13.2 Å². The van der Waals surface area contributed by atoms with E-state index < -0.39 is 53.5 Å². The van der Waals surface area contributed by atoms with Crippen LogP contribution in [0.15, 0.2) is 71.7 Å². The molecule has 6 rings (SSSR count). The first-order chi connectivity index (χ1) is 30.3. The minimum atomic E-state index is -1.06. The van der Waals surface area contributed by atoms with Crippen molar-refractivity contribution in [3.05, 3.63) is 84.0 Å². The number of hydrogen-bond donors (Lipinski definition) is 5. The number of carbonyl (C=O) groups is 6. The van der Waals surface area contributed by atoms with E-state index >= 15 is 0 Å². The molecule has 344 valence electrons. The average molecular weight is 878 g/mol. The predicted molar refractivity (Wildman–Crippen MR) is 250 cm³/mol. The Morgan fingerprint density at radius 1 is 0.719 bits per heavy atom. The zero-order chi connectivity index (χ0) is 46.9. The van der Waals surface area contributed by atoms with Crippen LogP contribution in [-0.2, 0) is 46.3 Å². The summed E-state index contributed by atoms with van der Waals surface area (Å²) in [6.45, 7) is 20.8. The van der Waals surface area contributed by atoms with Gasteiger partial charge in [0.25, 0.3) is 11.8 Å². The molecule has 2 aromatic carbocycles. The molecule has 0 saturated carbocycles. The SMILES string of the molecule is C=CC[C@H](C(=O)OC(C)(C)C)[C@@H](CC(C)C)C(=O)NC1N=C2CCCc3cccc(c32)NC1=O.C=CC[C@H](C(N)=O)[C@@H](CC(C)C)C(=O)NC1N=C2CCCc3cccc(c32)NC1=O. The number of nitrogens with one attached hydrogen (secondary N) is 4. The van der Waals surface area contributed by atoms with Crippen molar-refractivity contribution in [1.82, 2.24) is 10.6 Å². The molecule has 0 spiro atoms. The normalized spacial score (nSPS) is 19.4. The molecule has 0 saturated heterocycles. The third-order valence-corrected chi connectivity index (χ3v) is 11.8. The summed E-state index contributed by atoms with van der Waals surface area (Å²) in [6.07, 6.45) is 7.95. The fraction of sp³-hybridized carbons (Fsp3) is 0.520.